The molecule has 0 saturated carbocycles. The Hall–Kier alpha value is -3.51. The van der Waals surface area contributed by atoms with E-state index in [0.29, 0.717) is 54.6 Å². The minimum atomic E-state index is -0.124. The van der Waals surface area contributed by atoms with Crippen molar-refractivity contribution < 1.29 is 19.1 Å². The maximum atomic E-state index is 12.5. The molecule has 4 rings (SSSR count). The summed E-state index contributed by atoms with van der Waals surface area (Å²) in [6, 6.07) is 22.4. The Balaban J connectivity index is 1.34. The van der Waals surface area contributed by atoms with Crippen LogP contribution in [0.2, 0.25) is 5.02 Å². The average Bonchev–Trinajstić information content (AvgIpc) is 2.83. The van der Waals surface area contributed by atoms with E-state index in [1.165, 1.54) is 0 Å². The zero-order valence-corrected chi connectivity index (χ0v) is 18.9. The molecule has 1 aliphatic rings. The molecule has 0 aliphatic carbocycles. The van der Waals surface area contributed by atoms with Gasteiger partial charge in [0.05, 0.1) is 12.3 Å². The molecule has 3 aromatic carbocycles. The average molecular weight is 465 g/mol. The summed E-state index contributed by atoms with van der Waals surface area (Å²) in [5.74, 6) is 1.15. The van der Waals surface area contributed by atoms with Gasteiger partial charge in [-0.1, -0.05) is 41.9 Å². The van der Waals surface area contributed by atoms with Gasteiger partial charge < -0.3 is 19.7 Å². The van der Waals surface area contributed by atoms with Gasteiger partial charge in [0.2, 0.25) is 5.91 Å². The summed E-state index contributed by atoms with van der Waals surface area (Å²) >= 11 is 5.89. The molecule has 3 aromatic rings. The Morgan fingerprint density at radius 2 is 1.85 bits per heavy atom. The van der Waals surface area contributed by atoms with Crippen LogP contribution < -0.4 is 19.7 Å². The van der Waals surface area contributed by atoms with Crippen LogP contribution in [0.4, 0.5) is 11.4 Å². The number of hydrogen-bond acceptors (Lipinski definition) is 4. The first-order valence-electron chi connectivity index (χ1n) is 10.9. The van der Waals surface area contributed by atoms with Gasteiger partial charge in [0.15, 0.2) is 6.61 Å². The van der Waals surface area contributed by atoms with Gasteiger partial charge in [-0.05, 0) is 60.9 Å². The first-order valence-corrected chi connectivity index (χ1v) is 11.3. The van der Waals surface area contributed by atoms with Crippen molar-refractivity contribution in [3.63, 3.8) is 0 Å². The van der Waals surface area contributed by atoms with Gasteiger partial charge in [0, 0.05) is 23.7 Å². The second-order valence-corrected chi connectivity index (χ2v) is 8.14. The smallest absolute Gasteiger partial charge is 0.265 e. The van der Waals surface area contributed by atoms with Gasteiger partial charge in [0.25, 0.3) is 5.91 Å². The van der Waals surface area contributed by atoms with Gasteiger partial charge in [0.1, 0.15) is 11.5 Å². The number of aryl methyl sites for hydroxylation is 1. The fourth-order valence-electron chi connectivity index (χ4n) is 3.59. The molecule has 1 heterocycles. The van der Waals surface area contributed by atoms with Crippen LogP contribution in [0.25, 0.3) is 0 Å². The molecule has 6 nitrogen and oxygen atoms in total. The van der Waals surface area contributed by atoms with E-state index in [0.717, 1.165) is 11.3 Å². The zero-order chi connectivity index (χ0) is 23.0. The third kappa shape index (κ3) is 6.26. The number of hydrogen-bond donors (Lipinski definition) is 1. The summed E-state index contributed by atoms with van der Waals surface area (Å²) < 4.78 is 11.3. The fraction of sp³-hybridized carbons (Fsp3) is 0.231. The number of carbonyl (C=O) groups excluding carboxylic acids is 2. The lowest BCUT2D eigenvalue weighted by Crippen LogP contribution is -2.39. The van der Waals surface area contributed by atoms with Crippen LogP contribution in [0.5, 0.6) is 11.5 Å². The normalized spacial score (nSPS) is 12.6. The summed E-state index contributed by atoms with van der Waals surface area (Å²) in [6.07, 6.45) is 1.68. The van der Waals surface area contributed by atoms with Crippen molar-refractivity contribution in [2.24, 2.45) is 0 Å². The molecule has 0 aromatic heterocycles. The van der Waals surface area contributed by atoms with E-state index in [-0.39, 0.29) is 18.4 Å². The number of ether oxygens (including phenoxy) is 2. The van der Waals surface area contributed by atoms with Gasteiger partial charge in [-0.3, -0.25) is 9.59 Å². The number of rotatable bonds is 9. The highest BCUT2D eigenvalue weighted by Gasteiger charge is 2.25. The molecular weight excluding hydrogens is 440 g/mol. The second-order valence-electron chi connectivity index (χ2n) is 7.71. The number of fused-ring (bicyclic) bond motifs is 1. The summed E-state index contributed by atoms with van der Waals surface area (Å²) in [7, 11) is 0. The second kappa shape index (κ2) is 10.9. The van der Waals surface area contributed by atoms with Gasteiger partial charge in [-0.15, -0.1) is 0 Å². The van der Waals surface area contributed by atoms with Crippen LogP contribution >= 0.6 is 11.6 Å². The predicted molar refractivity (Wildman–Crippen MR) is 129 cm³/mol. The van der Waals surface area contributed by atoms with E-state index >= 15 is 0 Å². The van der Waals surface area contributed by atoms with Gasteiger partial charge >= 0.3 is 0 Å². The quantitative estimate of drug-likeness (QED) is 0.447. The molecule has 0 bridgehead atoms. The molecular formula is C26H25ClN2O4. The predicted octanol–water partition coefficient (Wildman–Crippen LogP) is 5.11. The first kappa shape index (κ1) is 22.7. The van der Waals surface area contributed by atoms with E-state index in [2.05, 4.69) is 5.32 Å². The van der Waals surface area contributed by atoms with Crippen molar-refractivity contribution in [3.05, 3.63) is 83.4 Å². The highest BCUT2D eigenvalue weighted by Crippen LogP contribution is 2.34. The maximum absolute atomic E-state index is 12.5. The molecule has 0 spiro atoms. The fourth-order valence-corrected chi connectivity index (χ4v) is 3.72. The highest BCUT2D eigenvalue weighted by molar-refractivity contribution is 6.30. The molecule has 0 saturated heterocycles. The summed E-state index contributed by atoms with van der Waals surface area (Å²) in [6.45, 7) is 0.930. The van der Waals surface area contributed by atoms with E-state index in [9.17, 15) is 9.59 Å². The number of nitrogens with one attached hydrogen (secondary N) is 1. The largest absolute Gasteiger partial charge is 0.494 e. The molecule has 2 amide bonds. The molecule has 0 unspecified atom stereocenters. The molecule has 0 fully saturated rings. The Morgan fingerprint density at radius 3 is 2.64 bits per heavy atom. The molecule has 33 heavy (non-hydrogen) atoms. The van der Waals surface area contributed by atoms with Gasteiger partial charge in [-0.2, -0.15) is 0 Å². The number of anilines is 2. The van der Waals surface area contributed by atoms with Crippen LogP contribution in [0.15, 0.2) is 72.8 Å². The summed E-state index contributed by atoms with van der Waals surface area (Å²) in [4.78, 5) is 26.6. The lowest BCUT2D eigenvalue weighted by Gasteiger charge is -2.30. The van der Waals surface area contributed by atoms with Crippen molar-refractivity contribution in [1.82, 2.24) is 0 Å². The maximum Gasteiger partial charge on any atom is 0.265 e. The van der Waals surface area contributed by atoms with E-state index in [4.69, 9.17) is 21.1 Å². The number of amides is 2. The first-order chi connectivity index (χ1) is 16.1. The highest BCUT2D eigenvalue weighted by atomic mass is 35.5. The molecule has 1 aliphatic heterocycles. The van der Waals surface area contributed by atoms with Crippen LogP contribution in [-0.2, 0) is 16.0 Å². The SMILES string of the molecule is O=C(CCc1ccccc1)Nc1ccc2c(c1)N(CCCOc1ccc(Cl)cc1)C(=O)CO2. The topological polar surface area (TPSA) is 67.9 Å². The molecule has 0 radical (unpaired) electrons. The number of carbonyl (C=O) groups is 2. The lowest BCUT2D eigenvalue weighted by atomic mass is 10.1. The number of halogens is 1. The Labute approximate surface area is 198 Å². The molecule has 7 heteroatoms. The third-order valence-electron chi connectivity index (χ3n) is 5.28. The molecule has 170 valence electrons. The lowest BCUT2D eigenvalue weighted by molar-refractivity contribution is -0.121. The van der Waals surface area contributed by atoms with Crippen molar-refractivity contribution >= 4 is 34.8 Å². The van der Waals surface area contributed by atoms with Gasteiger partial charge in [-0.25, -0.2) is 0 Å². The number of nitrogens with zero attached hydrogens (tertiary/aromatic N) is 1. The van der Waals surface area contributed by atoms with Crippen molar-refractivity contribution in [1.29, 1.82) is 0 Å². The van der Waals surface area contributed by atoms with Crippen molar-refractivity contribution in [2.45, 2.75) is 19.3 Å². The van der Waals surface area contributed by atoms with Crippen molar-refractivity contribution in [2.75, 3.05) is 30.0 Å². The third-order valence-corrected chi connectivity index (χ3v) is 5.53. The minimum Gasteiger partial charge on any atom is -0.494 e. The van der Waals surface area contributed by atoms with E-state index in [1.807, 2.05) is 42.5 Å². The van der Waals surface area contributed by atoms with Crippen LogP contribution in [0.1, 0.15) is 18.4 Å². The Kier molecular flexibility index (Phi) is 7.47. The molecule has 0 atom stereocenters. The van der Waals surface area contributed by atoms with Crippen molar-refractivity contribution in [3.8, 4) is 11.5 Å². The van der Waals surface area contributed by atoms with Crippen LogP contribution in [0, 0.1) is 0 Å². The Bertz CT molecular complexity index is 1100. The summed E-state index contributed by atoms with van der Waals surface area (Å²) in [5.41, 5.74) is 2.40. The van der Waals surface area contributed by atoms with E-state index in [1.54, 1.807) is 35.2 Å². The Morgan fingerprint density at radius 1 is 1.06 bits per heavy atom. The zero-order valence-electron chi connectivity index (χ0n) is 18.1. The number of benzene rings is 3. The van der Waals surface area contributed by atoms with Crippen LogP contribution in [0.3, 0.4) is 0 Å². The van der Waals surface area contributed by atoms with Crippen LogP contribution in [-0.4, -0.2) is 31.6 Å². The summed E-state index contributed by atoms with van der Waals surface area (Å²) in [5, 5.41) is 3.58. The molecule has 1 N–H and O–H groups in total. The minimum absolute atomic E-state index is 0.00613. The standard InChI is InChI=1S/C26H25ClN2O4/c27-20-8-11-22(12-9-20)32-16-4-15-29-23-17-21(10-13-24(23)33-18-26(29)31)28-25(30)14-7-19-5-2-1-3-6-19/h1-3,5-6,8-13,17H,4,7,14-16,18H2,(H,28,30). The van der Waals surface area contributed by atoms with E-state index < -0.39 is 0 Å². The monoisotopic (exact) mass is 464 g/mol.